The van der Waals surface area contributed by atoms with E-state index < -0.39 is 0 Å². The summed E-state index contributed by atoms with van der Waals surface area (Å²) in [6, 6.07) is 12.7. The fourth-order valence-corrected chi connectivity index (χ4v) is 4.10. The topological polar surface area (TPSA) is 56.7 Å². The molecule has 0 saturated carbocycles. The van der Waals surface area contributed by atoms with Crippen molar-refractivity contribution in [2.75, 3.05) is 26.2 Å². The van der Waals surface area contributed by atoms with Crippen LogP contribution in [0, 0.1) is 0 Å². The van der Waals surface area contributed by atoms with E-state index in [0.29, 0.717) is 13.0 Å². The van der Waals surface area contributed by atoms with Crippen LogP contribution >= 0.6 is 35.3 Å². The van der Waals surface area contributed by atoms with E-state index in [2.05, 4.69) is 64.3 Å². The van der Waals surface area contributed by atoms with Crippen LogP contribution in [-0.2, 0) is 24.2 Å². The van der Waals surface area contributed by atoms with Gasteiger partial charge in [-0.2, -0.15) is 0 Å². The number of hydrogen-bond donors (Lipinski definition) is 2. The summed E-state index contributed by atoms with van der Waals surface area (Å²) in [4.78, 5) is 20.5. The summed E-state index contributed by atoms with van der Waals surface area (Å²) in [5, 5.41) is 8.75. The number of thiophene rings is 1. The normalized spacial score (nSPS) is 13.4. The average molecular weight is 526 g/mol. The van der Waals surface area contributed by atoms with Gasteiger partial charge in [0.15, 0.2) is 5.96 Å². The molecule has 0 spiro atoms. The lowest BCUT2D eigenvalue weighted by atomic mass is 9.99. The van der Waals surface area contributed by atoms with E-state index in [1.807, 2.05) is 4.90 Å². The second-order valence-electron chi connectivity index (χ2n) is 6.95. The Hall–Kier alpha value is -1.61. The highest BCUT2D eigenvalue weighted by molar-refractivity contribution is 14.0. The average Bonchev–Trinajstić information content (AvgIpc) is 3.24. The molecule has 158 valence electrons. The van der Waals surface area contributed by atoms with E-state index in [1.54, 1.807) is 11.3 Å². The van der Waals surface area contributed by atoms with Gasteiger partial charge in [-0.25, -0.2) is 0 Å². The monoisotopic (exact) mass is 526 g/mol. The number of carbonyl (C=O) groups excluding carboxylic acids is 1. The Labute approximate surface area is 195 Å². The zero-order chi connectivity index (χ0) is 19.6. The van der Waals surface area contributed by atoms with Crippen molar-refractivity contribution in [1.82, 2.24) is 15.5 Å². The highest BCUT2D eigenvalue weighted by Crippen LogP contribution is 2.19. The van der Waals surface area contributed by atoms with Crippen LogP contribution in [-0.4, -0.2) is 42.9 Å². The van der Waals surface area contributed by atoms with Gasteiger partial charge in [-0.05, 0) is 48.8 Å². The minimum Gasteiger partial charge on any atom is -0.357 e. The van der Waals surface area contributed by atoms with E-state index in [4.69, 9.17) is 0 Å². The molecule has 2 heterocycles. The van der Waals surface area contributed by atoms with Crippen molar-refractivity contribution in [3.8, 4) is 0 Å². The van der Waals surface area contributed by atoms with Gasteiger partial charge in [-0.3, -0.25) is 9.79 Å². The van der Waals surface area contributed by atoms with Crippen LogP contribution in [0.4, 0.5) is 0 Å². The van der Waals surface area contributed by atoms with Crippen LogP contribution in [0.3, 0.4) is 0 Å². The lowest BCUT2D eigenvalue weighted by Crippen LogP contribution is -2.38. The van der Waals surface area contributed by atoms with Gasteiger partial charge in [0.05, 0.1) is 0 Å². The molecule has 1 aromatic carbocycles. The summed E-state index contributed by atoms with van der Waals surface area (Å²) in [7, 11) is 0. The van der Waals surface area contributed by atoms with Crippen molar-refractivity contribution < 1.29 is 4.79 Å². The molecule has 7 heteroatoms. The Bertz CT molecular complexity index is 779. The summed E-state index contributed by atoms with van der Waals surface area (Å²) < 4.78 is 0. The Kier molecular flexibility index (Phi) is 10.5. The number of aliphatic imine (C=N–C) groups is 1. The first kappa shape index (κ1) is 23.7. The number of hydrogen-bond acceptors (Lipinski definition) is 3. The fraction of sp³-hybridized carbons (Fsp3) is 0.455. The first-order valence-corrected chi connectivity index (χ1v) is 11.0. The second-order valence-corrected chi connectivity index (χ2v) is 7.99. The van der Waals surface area contributed by atoms with Gasteiger partial charge in [0.25, 0.3) is 0 Å². The number of amides is 1. The summed E-state index contributed by atoms with van der Waals surface area (Å²) >= 11 is 1.78. The third-order valence-electron chi connectivity index (χ3n) is 4.89. The Morgan fingerprint density at radius 3 is 2.76 bits per heavy atom. The number of halogens is 1. The summed E-state index contributed by atoms with van der Waals surface area (Å²) in [5.41, 5.74) is 2.66. The van der Waals surface area contributed by atoms with Crippen LogP contribution in [0.25, 0.3) is 0 Å². The van der Waals surface area contributed by atoms with Crippen molar-refractivity contribution in [1.29, 1.82) is 0 Å². The number of nitrogens with zero attached hydrogens (tertiary/aromatic N) is 2. The molecular weight excluding hydrogens is 495 g/mol. The van der Waals surface area contributed by atoms with Crippen molar-refractivity contribution in [2.24, 2.45) is 4.99 Å². The molecule has 2 N–H and O–H groups in total. The zero-order valence-corrected chi connectivity index (χ0v) is 20.2. The molecule has 0 bridgehead atoms. The molecule has 29 heavy (non-hydrogen) atoms. The third kappa shape index (κ3) is 7.62. The Morgan fingerprint density at radius 1 is 1.17 bits per heavy atom. The molecule has 1 aliphatic heterocycles. The molecule has 0 saturated heterocycles. The van der Waals surface area contributed by atoms with E-state index in [0.717, 1.165) is 51.4 Å². The molecular formula is C22H31IN4OS. The van der Waals surface area contributed by atoms with Crippen LogP contribution in [0.1, 0.15) is 35.8 Å². The van der Waals surface area contributed by atoms with Crippen LogP contribution in [0.15, 0.2) is 46.8 Å². The highest BCUT2D eigenvalue weighted by atomic mass is 127. The number of fused-ring (bicyclic) bond motifs is 1. The van der Waals surface area contributed by atoms with E-state index in [1.165, 1.54) is 16.0 Å². The van der Waals surface area contributed by atoms with Gasteiger partial charge in [0, 0.05) is 44.0 Å². The maximum absolute atomic E-state index is 12.5. The van der Waals surface area contributed by atoms with Crippen LogP contribution < -0.4 is 10.6 Å². The van der Waals surface area contributed by atoms with Gasteiger partial charge < -0.3 is 15.5 Å². The van der Waals surface area contributed by atoms with Gasteiger partial charge in [0.2, 0.25) is 5.91 Å². The largest absolute Gasteiger partial charge is 0.357 e. The SMILES string of the molecule is CCNC(=NCCCC(=O)N1CCc2ccccc2C1)NCCc1cccs1.I. The number of guanidine groups is 1. The smallest absolute Gasteiger partial charge is 0.222 e. The van der Waals surface area contributed by atoms with E-state index in [-0.39, 0.29) is 29.9 Å². The molecule has 0 atom stereocenters. The van der Waals surface area contributed by atoms with E-state index >= 15 is 0 Å². The fourth-order valence-electron chi connectivity index (χ4n) is 3.39. The first-order chi connectivity index (χ1) is 13.8. The Balaban J connectivity index is 0.00000300. The van der Waals surface area contributed by atoms with Crippen molar-refractivity contribution in [2.45, 2.75) is 39.2 Å². The first-order valence-electron chi connectivity index (χ1n) is 10.2. The third-order valence-corrected chi connectivity index (χ3v) is 5.83. The second kappa shape index (κ2) is 12.8. The number of nitrogens with one attached hydrogen (secondary N) is 2. The molecule has 5 nitrogen and oxygen atoms in total. The van der Waals surface area contributed by atoms with E-state index in [9.17, 15) is 4.79 Å². The lowest BCUT2D eigenvalue weighted by Gasteiger charge is -2.28. The van der Waals surface area contributed by atoms with Gasteiger partial charge in [-0.1, -0.05) is 30.3 Å². The predicted molar refractivity (Wildman–Crippen MR) is 132 cm³/mol. The lowest BCUT2D eigenvalue weighted by molar-refractivity contribution is -0.132. The molecule has 3 rings (SSSR count). The predicted octanol–water partition coefficient (Wildman–Crippen LogP) is 3.83. The maximum atomic E-state index is 12.5. The molecule has 0 aliphatic carbocycles. The molecule has 1 amide bonds. The van der Waals surface area contributed by atoms with Crippen LogP contribution in [0.5, 0.6) is 0 Å². The number of benzene rings is 1. The standard InChI is InChI=1S/C22H30N4OS.HI/c1-2-23-22(25-14-11-20-9-6-16-28-20)24-13-5-10-21(27)26-15-12-18-7-3-4-8-19(18)17-26;/h3-4,6-9,16H,2,5,10-15,17H2,1H3,(H2,23,24,25);1H. The quantitative estimate of drug-likeness (QED) is 0.238. The molecule has 1 aliphatic rings. The summed E-state index contributed by atoms with van der Waals surface area (Å²) in [6.45, 7) is 5.98. The number of carbonyl (C=O) groups is 1. The van der Waals surface area contributed by atoms with Gasteiger partial charge in [0.1, 0.15) is 0 Å². The van der Waals surface area contributed by atoms with Crippen molar-refractivity contribution in [3.63, 3.8) is 0 Å². The van der Waals surface area contributed by atoms with Crippen molar-refractivity contribution in [3.05, 3.63) is 57.8 Å². The molecule has 2 aromatic rings. The summed E-state index contributed by atoms with van der Waals surface area (Å²) in [6.07, 6.45) is 3.29. The van der Waals surface area contributed by atoms with Gasteiger partial charge >= 0.3 is 0 Å². The molecule has 1 aromatic heterocycles. The Morgan fingerprint density at radius 2 is 2.00 bits per heavy atom. The maximum Gasteiger partial charge on any atom is 0.222 e. The number of rotatable bonds is 8. The van der Waals surface area contributed by atoms with Crippen molar-refractivity contribution >= 4 is 47.2 Å². The molecule has 0 fully saturated rings. The minimum atomic E-state index is 0. The van der Waals surface area contributed by atoms with Crippen LogP contribution in [0.2, 0.25) is 0 Å². The summed E-state index contributed by atoms with van der Waals surface area (Å²) in [5.74, 6) is 1.07. The zero-order valence-electron chi connectivity index (χ0n) is 17.0. The van der Waals surface area contributed by atoms with Gasteiger partial charge in [-0.15, -0.1) is 35.3 Å². The highest BCUT2D eigenvalue weighted by Gasteiger charge is 2.19. The molecule has 0 radical (unpaired) electrons. The minimum absolute atomic E-state index is 0. The molecule has 0 unspecified atom stereocenters.